The molecular formula is C13H22N2O. The fourth-order valence-electron chi connectivity index (χ4n) is 1.87. The lowest BCUT2D eigenvalue weighted by Crippen LogP contribution is -2.16. The molecule has 0 aliphatic heterocycles. The molecule has 2 N–H and O–H groups in total. The van der Waals surface area contributed by atoms with E-state index in [1.807, 2.05) is 12.3 Å². The molecule has 1 rings (SSSR count). The zero-order valence-corrected chi connectivity index (χ0v) is 10.2. The summed E-state index contributed by atoms with van der Waals surface area (Å²) in [5.41, 5.74) is 2.32. The normalized spacial score (nSPS) is 12.4. The van der Waals surface area contributed by atoms with Crippen LogP contribution in [0.15, 0.2) is 18.5 Å². The molecule has 0 saturated carbocycles. The van der Waals surface area contributed by atoms with E-state index in [2.05, 4.69) is 24.1 Å². The average Bonchev–Trinajstić information content (AvgIpc) is 2.28. The summed E-state index contributed by atoms with van der Waals surface area (Å²) in [6.45, 7) is 5.44. The van der Waals surface area contributed by atoms with Crippen LogP contribution in [0.1, 0.15) is 31.7 Å². The molecule has 0 amide bonds. The van der Waals surface area contributed by atoms with Gasteiger partial charge in [0.2, 0.25) is 0 Å². The van der Waals surface area contributed by atoms with Gasteiger partial charge in [-0.2, -0.15) is 0 Å². The van der Waals surface area contributed by atoms with Gasteiger partial charge in [-0.15, -0.1) is 0 Å². The lowest BCUT2D eigenvalue weighted by Gasteiger charge is -2.17. The lowest BCUT2D eigenvalue weighted by molar-refractivity contribution is 0.255. The zero-order chi connectivity index (χ0) is 11.8. The molecule has 0 saturated heterocycles. The molecule has 1 aromatic heterocycles. The third-order valence-corrected chi connectivity index (χ3v) is 2.84. The van der Waals surface area contributed by atoms with Crippen molar-refractivity contribution in [2.24, 2.45) is 5.92 Å². The minimum Gasteiger partial charge on any atom is -0.396 e. The first-order valence-corrected chi connectivity index (χ1v) is 6.03. The van der Waals surface area contributed by atoms with Gasteiger partial charge in [0.15, 0.2) is 0 Å². The summed E-state index contributed by atoms with van der Waals surface area (Å²) in [5.74, 6) is 0.558. The maximum absolute atomic E-state index is 8.98. The van der Waals surface area contributed by atoms with Crippen LogP contribution in [-0.4, -0.2) is 23.2 Å². The van der Waals surface area contributed by atoms with Crippen LogP contribution in [-0.2, 0) is 0 Å². The second-order valence-electron chi connectivity index (χ2n) is 4.24. The van der Waals surface area contributed by atoms with E-state index >= 15 is 0 Å². The third kappa shape index (κ3) is 4.19. The Hall–Kier alpha value is -1.09. The van der Waals surface area contributed by atoms with Gasteiger partial charge in [0.1, 0.15) is 0 Å². The van der Waals surface area contributed by atoms with Crippen LogP contribution in [0.25, 0.3) is 0 Å². The second kappa shape index (κ2) is 7.23. The predicted molar refractivity (Wildman–Crippen MR) is 67.6 cm³/mol. The number of hydrogen-bond acceptors (Lipinski definition) is 3. The molecule has 0 aliphatic rings. The largest absolute Gasteiger partial charge is 0.396 e. The Morgan fingerprint density at radius 3 is 2.88 bits per heavy atom. The molecule has 0 aliphatic carbocycles. The summed E-state index contributed by atoms with van der Waals surface area (Å²) in [6, 6.07) is 2.00. The number of anilines is 1. The Morgan fingerprint density at radius 2 is 2.25 bits per heavy atom. The number of nitrogens with one attached hydrogen (secondary N) is 1. The lowest BCUT2D eigenvalue weighted by atomic mass is 10.00. The van der Waals surface area contributed by atoms with Gasteiger partial charge >= 0.3 is 0 Å². The van der Waals surface area contributed by atoms with Crippen LogP contribution in [0.2, 0.25) is 0 Å². The van der Waals surface area contributed by atoms with Crippen LogP contribution < -0.4 is 5.32 Å². The van der Waals surface area contributed by atoms with E-state index in [4.69, 9.17) is 5.11 Å². The van der Waals surface area contributed by atoms with Crippen LogP contribution >= 0.6 is 0 Å². The van der Waals surface area contributed by atoms with Gasteiger partial charge in [-0.25, -0.2) is 0 Å². The van der Waals surface area contributed by atoms with Crippen molar-refractivity contribution in [3.63, 3.8) is 0 Å². The molecule has 1 heterocycles. The number of nitrogens with zero attached hydrogens (tertiary/aromatic N) is 1. The number of aryl methyl sites for hydroxylation is 1. The third-order valence-electron chi connectivity index (χ3n) is 2.84. The average molecular weight is 222 g/mol. The summed E-state index contributed by atoms with van der Waals surface area (Å²) in [7, 11) is 0. The maximum atomic E-state index is 8.98. The molecule has 0 radical (unpaired) electrons. The van der Waals surface area contributed by atoms with Crippen molar-refractivity contribution in [2.45, 2.75) is 33.1 Å². The van der Waals surface area contributed by atoms with Crippen molar-refractivity contribution >= 4 is 5.69 Å². The molecule has 90 valence electrons. The molecule has 0 spiro atoms. The second-order valence-corrected chi connectivity index (χ2v) is 4.24. The van der Waals surface area contributed by atoms with E-state index in [9.17, 15) is 0 Å². The van der Waals surface area contributed by atoms with Crippen molar-refractivity contribution in [1.29, 1.82) is 0 Å². The van der Waals surface area contributed by atoms with E-state index in [0.717, 1.165) is 25.1 Å². The number of rotatable bonds is 7. The highest BCUT2D eigenvalue weighted by Crippen LogP contribution is 2.15. The fourth-order valence-corrected chi connectivity index (χ4v) is 1.87. The first-order chi connectivity index (χ1) is 7.77. The van der Waals surface area contributed by atoms with Gasteiger partial charge in [0, 0.05) is 31.2 Å². The Morgan fingerprint density at radius 1 is 1.44 bits per heavy atom. The van der Waals surface area contributed by atoms with E-state index in [-0.39, 0.29) is 6.61 Å². The summed E-state index contributed by atoms with van der Waals surface area (Å²) < 4.78 is 0. The van der Waals surface area contributed by atoms with E-state index in [1.54, 1.807) is 6.20 Å². The summed E-state index contributed by atoms with van der Waals surface area (Å²) in [6.07, 6.45) is 6.88. The summed E-state index contributed by atoms with van der Waals surface area (Å²) in [4.78, 5) is 4.06. The van der Waals surface area contributed by atoms with Gasteiger partial charge in [0.05, 0.1) is 0 Å². The van der Waals surface area contributed by atoms with Crippen molar-refractivity contribution in [3.05, 3.63) is 24.0 Å². The highest BCUT2D eigenvalue weighted by Gasteiger charge is 2.07. The maximum Gasteiger partial charge on any atom is 0.0434 e. The Balaban J connectivity index is 2.45. The Labute approximate surface area is 97.9 Å². The highest BCUT2D eigenvalue weighted by molar-refractivity contribution is 5.48. The number of pyridine rings is 1. The van der Waals surface area contributed by atoms with Crippen molar-refractivity contribution in [3.8, 4) is 0 Å². The molecule has 1 aromatic rings. The topological polar surface area (TPSA) is 45.1 Å². The molecule has 0 bridgehead atoms. The number of aliphatic hydroxyl groups excluding tert-OH is 1. The zero-order valence-electron chi connectivity index (χ0n) is 10.2. The molecule has 1 unspecified atom stereocenters. The van der Waals surface area contributed by atoms with Gasteiger partial charge in [0.25, 0.3) is 0 Å². The minimum atomic E-state index is 0.279. The van der Waals surface area contributed by atoms with Gasteiger partial charge in [-0.1, -0.05) is 13.3 Å². The fraction of sp³-hybridized carbons (Fsp3) is 0.615. The minimum absolute atomic E-state index is 0.279. The van der Waals surface area contributed by atoms with Gasteiger partial charge < -0.3 is 10.4 Å². The number of hydrogen-bond donors (Lipinski definition) is 2. The molecular weight excluding hydrogens is 200 g/mol. The first kappa shape index (κ1) is 13.0. The molecule has 1 atom stereocenters. The van der Waals surface area contributed by atoms with E-state index < -0.39 is 0 Å². The van der Waals surface area contributed by atoms with Crippen molar-refractivity contribution in [2.75, 3.05) is 18.5 Å². The van der Waals surface area contributed by atoms with Crippen LogP contribution in [0.4, 0.5) is 5.69 Å². The van der Waals surface area contributed by atoms with Crippen LogP contribution in [0, 0.1) is 12.8 Å². The molecule has 3 heteroatoms. The monoisotopic (exact) mass is 222 g/mol. The quantitative estimate of drug-likeness (QED) is 0.745. The standard InChI is InChI=1S/C13H22N2O/c1-3-4-12(6-8-16)10-15-13-5-7-14-9-11(13)2/h5,7,9,12,16H,3-4,6,8,10H2,1-2H3,(H,14,15). The number of aliphatic hydroxyl groups is 1. The molecule has 0 fully saturated rings. The first-order valence-electron chi connectivity index (χ1n) is 6.03. The highest BCUT2D eigenvalue weighted by atomic mass is 16.3. The van der Waals surface area contributed by atoms with Crippen molar-refractivity contribution < 1.29 is 5.11 Å². The van der Waals surface area contributed by atoms with Crippen molar-refractivity contribution in [1.82, 2.24) is 4.98 Å². The van der Waals surface area contributed by atoms with Gasteiger partial charge in [-0.3, -0.25) is 4.98 Å². The Kier molecular flexibility index (Phi) is 5.86. The van der Waals surface area contributed by atoms with Crippen LogP contribution in [0.3, 0.4) is 0 Å². The predicted octanol–water partition coefficient (Wildman–Crippen LogP) is 2.60. The molecule has 0 aromatic carbocycles. The molecule has 3 nitrogen and oxygen atoms in total. The smallest absolute Gasteiger partial charge is 0.0434 e. The summed E-state index contributed by atoms with van der Waals surface area (Å²) >= 11 is 0. The number of aromatic nitrogens is 1. The Bertz CT molecular complexity index is 296. The SMILES string of the molecule is CCCC(CCO)CNc1ccncc1C. The van der Waals surface area contributed by atoms with Gasteiger partial charge in [-0.05, 0) is 37.3 Å². The van der Waals surface area contributed by atoms with E-state index in [1.165, 1.54) is 12.0 Å². The van der Waals surface area contributed by atoms with Crippen LogP contribution in [0.5, 0.6) is 0 Å². The molecule has 16 heavy (non-hydrogen) atoms. The van der Waals surface area contributed by atoms with E-state index in [0.29, 0.717) is 5.92 Å². The summed E-state index contributed by atoms with van der Waals surface area (Å²) in [5, 5.41) is 12.4.